The lowest BCUT2D eigenvalue weighted by molar-refractivity contribution is -0.123. The van der Waals surface area contributed by atoms with Gasteiger partial charge in [0.15, 0.2) is 6.29 Å². The van der Waals surface area contributed by atoms with Crippen LogP contribution >= 0.6 is 0 Å². The fraction of sp³-hybridized carbons (Fsp3) is 1.00. The second-order valence-corrected chi connectivity index (χ2v) is 6.60. The van der Waals surface area contributed by atoms with E-state index in [1.165, 1.54) is 12.5 Å². The van der Waals surface area contributed by atoms with Gasteiger partial charge in [0, 0.05) is 35.9 Å². The van der Waals surface area contributed by atoms with Crippen LogP contribution in [-0.4, -0.2) is 67.8 Å². The third-order valence-electron chi connectivity index (χ3n) is 2.62. The zero-order valence-corrected chi connectivity index (χ0v) is 14.0. The van der Waals surface area contributed by atoms with Gasteiger partial charge in [-0.15, -0.1) is 0 Å². The summed E-state index contributed by atoms with van der Waals surface area (Å²) in [4.78, 5) is 2.14. The highest BCUT2D eigenvalue weighted by atomic mass is 28.2. The molecule has 0 N–H and O–H groups in total. The molecule has 0 spiro atoms. The molecule has 0 bridgehead atoms. The smallest absolute Gasteiger partial charge is 0.154 e. The van der Waals surface area contributed by atoms with Gasteiger partial charge in [-0.2, -0.15) is 0 Å². The van der Waals surface area contributed by atoms with Crippen LogP contribution in [0.15, 0.2) is 0 Å². The molecule has 0 fully saturated rings. The maximum atomic E-state index is 5.56. The van der Waals surface area contributed by atoms with Crippen molar-refractivity contribution in [2.24, 2.45) is 0 Å². The van der Waals surface area contributed by atoms with Crippen LogP contribution in [-0.2, 0) is 14.2 Å². The van der Waals surface area contributed by atoms with Crippen molar-refractivity contribution < 1.29 is 14.2 Å². The SMILES string of the molecule is CCOC(C[SiH2]CCCOCCN(C)C)OCC. The number of nitrogens with zero attached hydrogens (tertiary/aromatic N) is 1. The molecule has 0 saturated carbocycles. The molecule has 0 aliphatic heterocycles. The maximum absolute atomic E-state index is 5.56. The number of hydrogen-bond donors (Lipinski definition) is 0. The van der Waals surface area contributed by atoms with Gasteiger partial charge in [0.1, 0.15) is 0 Å². The molecule has 0 amide bonds. The number of hydrogen-bond acceptors (Lipinski definition) is 4. The summed E-state index contributed by atoms with van der Waals surface area (Å²) in [7, 11) is 4.07. The first-order valence-corrected chi connectivity index (χ1v) is 9.16. The Hall–Kier alpha value is 0.0569. The molecule has 0 rings (SSSR count). The van der Waals surface area contributed by atoms with E-state index in [4.69, 9.17) is 14.2 Å². The molecule has 0 aromatic rings. The summed E-state index contributed by atoms with van der Waals surface area (Å²) in [5, 5.41) is 0. The Balaban J connectivity index is 3.26. The van der Waals surface area contributed by atoms with Crippen LogP contribution in [0, 0.1) is 0 Å². The summed E-state index contributed by atoms with van der Waals surface area (Å²) in [5.74, 6) is 0. The second-order valence-electron chi connectivity index (χ2n) is 4.61. The van der Waals surface area contributed by atoms with Crippen molar-refractivity contribution in [2.45, 2.75) is 38.6 Å². The standard InChI is InChI=1S/C13H31NO3Si/c1-5-16-13(17-6-2)12-18-11-7-9-15-10-8-14(3)4/h13H,5-12,18H2,1-4H3. The molecule has 0 aliphatic carbocycles. The minimum atomic E-state index is -0.0671. The first kappa shape index (κ1) is 18.1. The highest BCUT2D eigenvalue weighted by Gasteiger charge is 2.07. The van der Waals surface area contributed by atoms with E-state index < -0.39 is 0 Å². The van der Waals surface area contributed by atoms with E-state index in [9.17, 15) is 0 Å². The predicted molar refractivity (Wildman–Crippen MR) is 79.2 cm³/mol. The Bertz CT molecular complexity index is 164. The van der Waals surface area contributed by atoms with Crippen LogP contribution in [0.1, 0.15) is 20.3 Å². The average Bonchev–Trinajstić information content (AvgIpc) is 2.32. The predicted octanol–water partition coefficient (Wildman–Crippen LogP) is 1.36. The molecule has 18 heavy (non-hydrogen) atoms. The Labute approximate surface area is 115 Å². The molecule has 110 valence electrons. The molecule has 0 saturated heterocycles. The number of ether oxygens (including phenoxy) is 3. The van der Waals surface area contributed by atoms with Crippen LogP contribution in [0.4, 0.5) is 0 Å². The molecule has 0 unspecified atom stereocenters. The molecule has 5 heteroatoms. The van der Waals surface area contributed by atoms with E-state index in [1.54, 1.807) is 0 Å². The fourth-order valence-electron chi connectivity index (χ4n) is 1.63. The van der Waals surface area contributed by atoms with Gasteiger partial charge in [-0.1, -0.05) is 6.04 Å². The van der Waals surface area contributed by atoms with Gasteiger partial charge in [0.25, 0.3) is 0 Å². The molecule has 0 radical (unpaired) electrons. The van der Waals surface area contributed by atoms with Crippen LogP contribution in [0.3, 0.4) is 0 Å². The maximum Gasteiger partial charge on any atom is 0.154 e. The monoisotopic (exact) mass is 277 g/mol. The Morgan fingerprint density at radius 2 is 1.72 bits per heavy atom. The van der Waals surface area contributed by atoms with Crippen molar-refractivity contribution in [1.29, 1.82) is 0 Å². The van der Waals surface area contributed by atoms with Crippen LogP contribution in [0.5, 0.6) is 0 Å². The lowest BCUT2D eigenvalue weighted by atomic mass is 10.5. The van der Waals surface area contributed by atoms with Gasteiger partial charge < -0.3 is 19.1 Å². The third-order valence-corrected chi connectivity index (χ3v) is 4.50. The Morgan fingerprint density at radius 1 is 1.06 bits per heavy atom. The van der Waals surface area contributed by atoms with Crippen molar-refractivity contribution in [3.05, 3.63) is 0 Å². The zero-order chi connectivity index (χ0) is 13.6. The van der Waals surface area contributed by atoms with E-state index in [2.05, 4.69) is 19.0 Å². The topological polar surface area (TPSA) is 30.9 Å². The van der Waals surface area contributed by atoms with E-state index >= 15 is 0 Å². The van der Waals surface area contributed by atoms with E-state index in [0.29, 0.717) is 0 Å². The van der Waals surface area contributed by atoms with Crippen molar-refractivity contribution in [3.63, 3.8) is 0 Å². The number of rotatable bonds is 13. The summed E-state index contributed by atoms with van der Waals surface area (Å²) >= 11 is 0. The molecular formula is C13H31NO3Si. The summed E-state index contributed by atoms with van der Waals surface area (Å²) in [6.45, 7) is 8.27. The van der Waals surface area contributed by atoms with E-state index in [1.807, 2.05) is 13.8 Å². The van der Waals surface area contributed by atoms with Crippen LogP contribution in [0.25, 0.3) is 0 Å². The molecule has 0 aromatic carbocycles. The lowest BCUT2D eigenvalue weighted by Crippen LogP contribution is -2.19. The van der Waals surface area contributed by atoms with Gasteiger partial charge in [0.05, 0.1) is 6.61 Å². The first-order chi connectivity index (χ1) is 8.70. The number of likely N-dealkylation sites (N-methyl/N-ethyl adjacent to an activating group) is 1. The van der Waals surface area contributed by atoms with Crippen molar-refractivity contribution >= 4 is 9.52 Å². The Kier molecular flexibility index (Phi) is 13.5. The molecule has 0 aromatic heterocycles. The average molecular weight is 277 g/mol. The van der Waals surface area contributed by atoms with Gasteiger partial charge in [-0.3, -0.25) is 0 Å². The summed E-state index contributed by atoms with van der Waals surface area (Å²) in [5.41, 5.74) is 0. The van der Waals surface area contributed by atoms with E-state index in [-0.39, 0.29) is 15.8 Å². The van der Waals surface area contributed by atoms with Gasteiger partial charge in [0.2, 0.25) is 0 Å². The molecule has 4 nitrogen and oxygen atoms in total. The van der Waals surface area contributed by atoms with Crippen LogP contribution < -0.4 is 0 Å². The summed E-state index contributed by atoms with van der Waals surface area (Å²) < 4.78 is 16.6. The lowest BCUT2D eigenvalue weighted by Gasteiger charge is -2.16. The highest BCUT2D eigenvalue weighted by molar-refractivity contribution is 6.35. The highest BCUT2D eigenvalue weighted by Crippen LogP contribution is 2.04. The first-order valence-electron chi connectivity index (χ1n) is 7.16. The molecule has 0 heterocycles. The third kappa shape index (κ3) is 12.5. The van der Waals surface area contributed by atoms with Gasteiger partial charge in [-0.25, -0.2) is 0 Å². The largest absolute Gasteiger partial charge is 0.380 e. The van der Waals surface area contributed by atoms with Crippen molar-refractivity contribution in [1.82, 2.24) is 4.90 Å². The van der Waals surface area contributed by atoms with Crippen molar-refractivity contribution in [3.8, 4) is 0 Å². The quantitative estimate of drug-likeness (QED) is 0.289. The second kappa shape index (κ2) is 13.5. The van der Waals surface area contributed by atoms with Crippen LogP contribution in [0.2, 0.25) is 12.1 Å². The summed E-state index contributed by atoms with van der Waals surface area (Å²) in [6.07, 6.45) is 1.23. The molecule has 0 aliphatic rings. The van der Waals surface area contributed by atoms with Crippen molar-refractivity contribution in [2.75, 3.05) is 47.1 Å². The fourth-order valence-corrected chi connectivity index (χ4v) is 3.14. The molecule has 0 atom stereocenters. The van der Waals surface area contributed by atoms with Gasteiger partial charge in [-0.05, 0) is 40.4 Å². The summed E-state index contributed by atoms with van der Waals surface area (Å²) in [6, 6.07) is 2.44. The van der Waals surface area contributed by atoms with E-state index in [0.717, 1.165) is 39.0 Å². The Morgan fingerprint density at radius 3 is 2.28 bits per heavy atom. The van der Waals surface area contributed by atoms with Gasteiger partial charge >= 0.3 is 0 Å². The molecular weight excluding hydrogens is 246 g/mol. The normalized spacial score (nSPS) is 12.3. The minimum Gasteiger partial charge on any atom is -0.380 e. The zero-order valence-electron chi connectivity index (χ0n) is 12.6. The minimum absolute atomic E-state index is 0.0429.